The highest BCUT2D eigenvalue weighted by atomic mass is 16.5. The van der Waals surface area contributed by atoms with Crippen LogP contribution in [0.15, 0.2) is 60.7 Å². The van der Waals surface area contributed by atoms with Crippen LogP contribution in [-0.2, 0) is 16.1 Å². The third-order valence-corrected chi connectivity index (χ3v) is 4.20. The van der Waals surface area contributed by atoms with Crippen LogP contribution in [0.2, 0.25) is 0 Å². The van der Waals surface area contributed by atoms with Gasteiger partial charge in [-0.2, -0.15) is 0 Å². The molecule has 0 saturated carbocycles. The number of ether oxygens (including phenoxy) is 1. The van der Waals surface area contributed by atoms with E-state index < -0.39 is 5.97 Å². The second-order valence-corrected chi connectivity index (χ2v) is 6.95. The van der Waals surface area contributed by atoms with Gasteiger partial charge in [-0.05, 0) is 38.2 Å². The summed E-state index contributed by atoms with van der Waals surface area (Å²) in [6.07, 6.45) is 3.96. The summed E-state index contributed by atoms with van der Waals surface area (Å²) in [6, 6.07) is 16.8. The van der Waals surface area contributed by atoms with E-state index in [9.17, 15) is 14.7 Å². The second-order valence-electron chi connectivity index (χ2n) is 6.95. The number of amides is 1. The summed E-state index contributed by atoms with van der Waals surface area (Å²) in [7, 11) is 4.01. The lowest BCUT2D eigenvalue weighted by Crippen LogP contribution is -2.34. The summed E-state index contributed by atoms with van der Waals surface area (Å²) in [5.74, 6) is -0.754. The Kier molecular flexibility index (Phi) is 8.92. The fourth-order valence-corrected chi connectivity index (χ4v) is 2.76. The minimum Gasteiger partial charge on any atom is -0.493 e. The molecular weight excluding hydrogens is 368 g/mol. The molecule has 0 atom stereocenters. The third kappa shape index (κ3) is 8.19. The Bertz CT molecular complexity index is 819. The van der Waals surface area contributed by atoms with E-state index in [1.165, 1.54) is 11.0 Å². The molecule has 0 aliphatic heterocycles. The largest absolute Gasteiger partial charge is 0.493 e. The number of hydrogen-bond donors (Lipinski definition) is 1. The molecule has 1 amide bonds. The molecule has 2 aromatic rings. The number of carbonyl (C=O) groups is 2. The number of nitrogens with zero attached hydrogens (tertiary/aromatic N) is 2. The summed E-state index contributed by atoms with van der Waals surface area (Å²) in [4.78, 5) is 27.3. The fourth-order valence-electron chi connectivity index (χ4n) is 2.76. The summed E-state index contributed by atoms with van der Waals surface area (Å²) in [6.45, 7) is 1.24. The number of carboxylic acids is 1. The van der Waals surface area contributed by atoms with Crippen LogP contribution in [0, 0.1) is 0 Å². The van der Waals surface area contributed by atoms with Crippen LogP contribution < -0.4 is 4.74 Å². The Morgan fingerprint density at radius 1 is 1.03 bits per heavy atom. The number of aliphatic carboxylic acids is 1. The molecule has 0 aromatic heterocycles. The van der Waals surface area contributed by atoms with Gasteiger partial charge in [0.2, 0.25) is 5.91 Å². The Labute approximate surface area is 172 Å². The Morgan fingerprint density at radius 2 is 1.72 bits per heavy atom. The first-order valence-corrected chi connectivity index (χ1v) is 9.55. The van der Waals surface area contributed by atoms with Crippen LogP contribution in [-0.4, -0.2) is 60.6 Å². The second kappa shape index (κ2) is 11.7. The SMILES string of the molecule is CN(C)CCCOc1ccccc1CN(CC(=O)O)C(=O)C=Cc1ccccc1. The number of carbonyl (C=O) groups excluding carboxylic acids is 1. The van der Waals surface area contributed by atoms with Gasteiger partial charge in [0.05, 0.1) is 13.2 Å². The molecule has 2 aromatic carbocycles. The molecule has 0 saturated heterocycles. The van der Waals surface area contributed by atoms with Crippen molar-refractivity contribution in [1.29, 1.82) is 0 Å². The smallest absolute Gasteiger partial charge is 0.323 e. The van der Waals surface area contributed by atoms with Gasteiger partial charge in [-0.15, -0.1) is 0 Å². The van der Waals surface area contributed by atoms with Gasteiger partial charge < -0.3 is 19.6 Å². The molecule has 154 valence electrons. The molecule has 0 spiro atoms. The molecular formula is C23H28N2O4. The van der Waals surface area contributed by atoms with Gasteiger partial charge in [0, 0.05) is 18.2 Å². The van der Waals surface area contributed by atoms with E-state index >= 15 is 0 Å². The van der Waals surface area contributed by atoms with Gasteiger partial charge in [0.25, 0.3) is 0 Å². The van der Waals surface area contributed by atoms with Crippen molar-refractivity contribution in [2.24, 2.45) is 0 Å². The molecule has 29 heavy (non-hydrogen) atoms. The minimum absolute atomic E-state index is 0.161. The first-order valence-electron chi connectivity index (χ1n) is 9.55. The normalized spacial score (nSPS) is 11.0. The molecule has 2 rings (SSSR count). The van der Waals surface area contributed by atoms with Crippen LogP contribution in [0.4, 0.5) is 0 Å². The average molecular weight is 396 g/mol. The zero-order valence-corrected chi connectivity index (χ0v) is 17.0. The minimum atomic E-state index is -1.06. The molecule has 0 aliphatic carbocycles. The molecule has 1 N–H and O–H groups in total. The van der Waals surface area contributed by atoms with Gasteiger partial charge >= 0.3 is 5.97 Å². The monoisotopic (exact) mass is 396 g/mol. The molecule has 0 unspecified atom stereocenters. The molecule has 0 bridgehead atoms. The molecule has 0 radical (unpaired) electrons. The van der Waals surface area contributed by atoms with Crippen molar-refractivity contribution < 1.29 is 19.4 Å². The average Bonchev–Trinajstić information content (AvgIpc) is 2.70. The highest BCUT2D eigenvalue weighted by Crippen LogP contribution is 2.20. The van der Waals surface area contributed by atoms with Gasteiger partial charge in [0.1, 0.15) is 12.3 Å². The van der Waals surface area contributed by atoms with Crippen molar-refractivity contribution in [1.82, 2.24) is 9.80 Å². The van der Waals surface area contributed by atoms with Crippen molar-refractivity contribution in [3.8, 4) is 5.75 Å². The van der Waals surface area contributed by atoms with Crippen molar-refractivity contribution >= 4 is 18.0 Å². The number of hydrogen-bond acceptors (Lipinski definition) is 4. The van der Waals surface area contributed by atoms with Crippen LogP contribution in [0.25, 0.3) is 6.08 Å². The number of rotatable bonds is 11. The van der Waals surface area contributed by atoms with E-state index in [0.717, 1.165) is 24.1 Å². The molecule has 0 heterocycles. The van der Waals surface area contributed by atoms with Gasteiger partial charge in [0.15, 0.2) is 0 Å². The zero-order valence-electron chi connectivity index (χ0n) is 17.0. The molecule has 0 aliphatic rings. The fraction of sp³-hybridized carbons (Fsp3) is 0.304. The molecule has 6 heteroatoms. The number of benzene rings is 2. The first-order chi connectivity index (χ1) is 14.0. The van der Waals surface area contributed by atoms with E-state index in [-0.39, 0.29) is 19.0 Å². The van der Waals surface area contributed by atoms with Crippen molar-refractivity contribution in [3.63, 3.8) is 0 Å². The van der Waals surface area contributed by atoms with E-state index in [2.05, 4.69) is 4.90 Å². The predicted octanol–water partition coefficient (Wildman–Crippen LogP) is 3.14. The van der Waals surface area contributed by atoms with Crippen molar-refractivity contribution in [2.75, 3.05) is 33.8 Å². The van der Waals surface area contributed by atoms with Gasteiger partial charge in [-0.1, -0.05) is 48.5 Å². The summed E-state index contributed by atoms with van der Waals surface area (Å²) in [5.41, 5.74) is 1.65. The van der Waals surface area contributed by atoms with Gasteiger partial charge in [-0.3, -0.25) is 9.59 Å². The quantitative estimate of drug-likeness (QED) is 0.467. The third-order valence-electron chi connectivity index (χ3n) is 4.20. The zero-order chi connectivity index (χ0) is 21.1. The van der Waals surface area contributed by atoms with Crippen LogP contribution in [0.5, 0.6) is 5.75 Å². The van der Waals surface area contributed by atoms with E-state index in [1.54, 1.807) is 6.08 Å². The van der Waals surface area contributed by atoms with E-state index in [0.29, 0.717) is 12.4 Å². The molecule has 6 nitrogen and oxygen atoms in total. The lowest BCUT2D eigenvalue weighted by molar-refractivity contribution is -0.143. The summed E-state index contributed by atoms with van der Waals surface area (Å²) < 4.78 is 5.87. The van der Waals surface area contributed by atoms with E-state index in [4.69, 9.17) is 4.74 Å². The van der Waals surface area contributed by atoms with Crippen LogP contribution in [0.1, 0.15) is 17.5 Å². The standard InChI is InChI=1S/C23H28N2O4/c1-24(2)15-8-16-29-21-12-7-6-11-20(21)17-25(18-23(27)28)22(26)14-13-19-9-4-3-5-10-19/h3-7,9-14H,8,15-18H2,1-2H3,(H,27,28). The Balaban J connectivity index is 2.08. The maximum atomic E-state index is 12.6. The maximum Gasteiger partial charge on any atom is 0.323 e. The molecule has 0 fully saturated rings. The van der Waals surface area contributed by atoms with Crippen molar-refractivity contribution in [2.45, 2.75) is 13.0 Å². The lowest BCUT2D eigenvalue weighted by atomic mass is 10.1. The van der Waals surface area contributed by atoms with Crippen molar-refractivity contribution in [3.05, 3.63) is 71.8 Å². The Morgan fingerprint density at radius 3 is 2.41 bits per heavy atom. The van der Waals surface area contributed by atoms with Crippen LogP contribution >= 0.6 is 0 Å². The Hall–Kier alpha value is -3.12. The lowest BCUT2D eigenvalue weighted by Gasteiger charge is -2.21. The topological polar surface area (TPSA) is 70.1 Å². The van der Waals surface area contributed by atoms with E-state index in [1.807, 2.05) is 68.7 Å². The first kappa shape index (κ1) is 22.2. The maximum absolute atomic E-state index is 12.6. The highest BCUT2D eigenvalue weighted by molar-refractivity contribution is 5.93. The highest BCUT2D eigenvalue weighted by Gasteiger charge is 2.17. The van der Waals surface area contributed by atoms with Crippen LogP contribution in [0.3, 0.4) is 0 Å². The summed E-state index contributed by atoms with van der Waals surface area (Å²) in [5, 5.41) is 9.24. The number of carboxylic acid groups (broad SMARTS) is 1. The predicted molar refractivity (Wildman–Crippen MR) is 114 cm³/mol. The summed E-state index contributed by atoms with van der Waals surface area (Å²) >= 11 is 0. The number of para-hydroxylation sites is 1. The van der Waals surface area contributed by atoms with Gasteiger partial charge in [-0.25, -0.2) is 0 Å².